The number of H-pyrrole nitrogens is 1. The molecule has 1 amide bonds. The second-order valence-corrected chi connectivity index (χ2v) is 4.99. The minimum atomic E-state index is -0.0898. The van der Waals surface area contributed by atoms with Gasteiger partial charge in [-0.1, -0.05) is 35.9 Å². The summed E-state index contributed by atoms with van der Waals surface area (Å²) >= 11 is 5.83. The molecule has 2 N–H and O–H groups in total. The lowest BCUT2D eigenvalue weighted by Crippen LogP contribution is -2.23. The summed E-state index contributed by atoms with van der Waals surface area (Å²) < 4.78 is 0. The van der Waals surface area contributed by atoms with E-state index in [1.54, 1.807) is 0 Å². The average Bonchev–Trinajstić information content (AvgIpc) is 2.94. The lowest BCUT2D eigenvalue weighted by atomic mass is 10.1. The molecule has 3 aromatic rings. The van der Waals surface area contributed by atoms with Gasteiger partial charge in [0.05, 0.1) is 11.1 Å². The van der Waals surface area contributed by atoms with E-state index in [9.17, 15) is 4.79 Å². The molecule has 0 saturated carbocycles. The monoisotopic (exact) mass is 284 g/mol. The largest absolute Gasteiger partial charge is 0.361 e. The number of aromatic amines is 1. The third-order valence-corrected chi connectivity index (χ3v) is 3.45. The molecule has 1 aromatic heterocycles. The zero-order valence-electron chi connectivity index (χ0n) is 10.7. The fourth-order valence-electron chi connectivity index (χ4n) is 2.15. The van der Waals surface area contributed by atoms with Crippen LogP contribution in [-0.4, -0.2) is 10.9 Å². The molecular weight excluding hydrogens is 272 g/mol. The van der Waals surface area contributed by atoms with E-state index >= 15 is 0 Å². The molecule has 0 fully saturated rings. The van der Waals surface area contributed by atoms with Gasteiger partial charge in [0, 0.05) is 23.2 Å². The lowest BCUT2D eigenvalue weighted by Gasteiger charge is -2.06. The molecular formula is C16H13ClN2O. The fraction of sp³-hybridized carbons (Fsp3) is 0.0625. The van der Waals surface area contributed by atoms with Gasteiger partial charge in [0.15, 0.2) is 0 Å². The van der Waals surface area contributed by atoms with E-state index in [0.29, 0.717) is 17.1 Å². The van der Waals surface area contributed by atoms with Crippen LogP contribution in [0.2, 0.25) is 5.02 Å². The summed E-state index contributed by atoms with van der Waals surface area (Å²) in [5.41, 5.74) is 2.53. The van der Waals surface area contributed by atoms with Crippen molar-refractivity contribution >= 4 is 28.4 Å². The van der Waals surface area contributed by atoms with Gasteiger partial charge in [0.1, 0.15) is 0 Å². The second-order valence-electron chi connectivity index (χ2n) is 4.56. The number of amides is 1. The number of hydrogen-bond acceptors (Lipinski definition) is 1. The maximum absolute atomic E-state index is 12.2. The summed E-state index contributed by atoms with van der Waals surface area (Å²) in [6.07, 6.45) is 1.83. The van der Waals surface area contributed by atoms with Crippen LogP contribution in [0.1, 0.15) is 15.9 Å². The molecule has 20 heavy (non-hydrogen) atoms. The summed E-state index contributed by atoms with van der Waals surface area (Å²) in [5, 5.41) is 4.64. The number of aromatic nitrogens is 1. The predicted octanol–water partition coefficient (Wildman–Crippen LogP) is 3.75. The smallest absolute Gasteiger partial charge is 0.253 e. The Balaban J connectivity index is 1.76. The van der Waals surface area contributed by atoms with E-state index in [0.717, 1.165) is 16.5 Å². The number of carbonyl (C=O) groups excluding carboxylic acids is 1. The quantitative estimate of drug-likeness (QED) is 0.756. The highest BCUT2D eigenvalue weighted by Gasteiger charge is 2.10. The van der Waals surface area contributed by atoms with Gasteiger partial charge in [0.25, 0.3) is 5.91 Å². The van der Waals surface area contributed by atoms with Crippen LogP contribution < -0.4 is 5.32 Å². The Hall–Kier alpha value is -2.26. The molecule has 0 atom stereocenters. The minimum Gasteiger partial charge on any atom is -0.361 e. The molecule has 0 aliphatic rings. The third-order valence-electron chi connectivity index (χ3n) is 3.20. The first-order valence-corrected chi connectivity index (χ1v) is 6.70. The SMILES string of the molecule is O=C(NCc1ccc(Cl)cc1)c1cccc2cc[nH]c12. The molecule has 0 radical (unpaired) electrons. The van der Waals surface area contributed by atoms with Crippen molar-refractivity contribution in [1.29, 1.82) is 0 Å². The van der Waals surface area contributed by atoms with Crippen LogP contribution in [0.3, 0.4) is 0 Å². The van der Waals surface area contributed by atoms with Crippen LogP contribution in [-0.2, 0) is 6.54 Å². The number of hydrogen-bond donors (Lipinski definition) is 2. The molecule has 0 saturated heterocycles. The molecule has 2 aromatic carbocycles. The number of para-hydroxylation sites is 1. The van der Waals surface area contributed by atoms with Crippen molar-refractivity contribution in [3.63, 3.8) is 0 Å². The number of benzene rings is 2. The standard InChI is InChI=1S/C16H13ClN2O/c17-13-6-4-11(5-7-13)10-19-16(20)14-3-1-2-12-8-9-18-15(12)14/h1-9,18H,10H2,(H,19,20). The maximum Gasteiger partial charge on any atom is 0.253 e. The van der Waals surface area contributed by atoms with E-state index in [4.69, 9.17) is 11.6 Å². The first kappa shape index (κ1) is 12.8. The molecule has 0 bridgehead atoms. The van der Waals surface area contributed by atoms with Gasteiger partial charge in [-0.15, -0.1) is 0 Å². The normalized spacial score (nSPS) is 10.7. The van der Waals surface area contributed by atoms with Crippen molar-refractivity contribution in [1.82, 2.24) is 10.3 Å². The van der Waals surface area contributed by atoms with Crippen molar-refractivity contribution in [3.8, 4) is 0 Å². The van der Waals surface area contributed by atoms with Crippen molar-refractivity contribution in [2.45, 2.75) is 6.54 Å². The average molecular weight is 285 g/mol. The number of nitrogens with one attached hydrogen (secondary N) is 2. The van der Waals surface area contributed by atoms with E-state index in [-0.39, 0.29) is 5.91 Å². The highest BCUT2D eigenvalue weighted by molar-refractivity contribution is 6.30. The molecule has 100 valence electrons. The Morgan fingerprint density at radius 2 is 1.90 bits per heavy atom. The Labute approximate surface area is 121 Å². The van der Waals surface area contributed by atoms with Gasteiger partial charge in [-0.05, 0) is 29.8 Å². The molecule has 0 aliphatic heterocycles. The number of halogens is 1. The van der Waals surface area contributed by atoms with Crippen LogP contribution in [0.25, 0.3) is 10.9 Å². The predicted molar refractivity (Wildman–Crippen MR) is 80.9 cm³/mol. The number of carbonyl (C=O) groups is 1. The van der Waals surface area contributed by atoms with Crippen molar-refractivity contribution in [2.24, 2.45) is 0 Å². The topological polar surface area (TPSA) is 44.9 Å². The molecule has 3 nitrogen and oxygen atoms in total. The van der Waals surface area contributed by atoms with Gasteiger partial charge in [-0.25, -0.2) is 0 Å². The highest BCUT2D eigenvalue weighted by Crippen LogP contribution is 2.17. The van der Waals surface area contributed by atoms with Gasteiger partial charge in [0.2, 0.25) is 0 Å². The summed E-state index contributed by atoms with van der Waals surface area (Å²) in [7, 11) is 0. The first-order chi connectivity index (χ1) is 9.74. The van der Waals surface area contributed by atoms with E-state index in [2.05, 4.69) is 10.3 Å². The zero-order valence-corrected chi connectivity index (χ0v) is 11.4. The molecule has 0 unspecified atom stereocenters. The van der Waals surface area contributed by atoms with Crippen LogP contribution in [0, 0.1) is 0 Å². The summed E-state index contributed by atoms with van der Waals surface area (Å²) in [4.78, 5) is 15.3. The minimum absolute atomic E-state index is 0.0898. The molecule has 1 heterocycles. The molecule has 0 spiro atoms. The van der Waals surface area contributed by atoms with Gasteiger partial charge in [-0.2, -0.15) is 0 Å². The van der Waals surface area contributed by atoms with Gasteiger partial charge in [-0.3, -0.25) is 4.79 Å². The van der Waals surface area contributed by atoms with E-state index in [1.165, 1.54) is 0 Å². The van der Waals surface area contributed by atoms with Gasteiger partial charge >= 0.3 is 0 Å². The Morgan fingerprint density at radius 1 is 1.10 bits per heavy atom. The third kappa shape index (κ3) is 2.53. The first-order valence-electron chi connectivity index (χ1n) is 6.33. The number of fused-ring (bicyclic) bond motifs is 1. The fourth-order valence-corrected chi connectivity index (χ4v) is 2.28. The zero-order chi connectivity index (χ0) is 13.9. The second kappa shape index (κ2) is 5.39. The molecule has 0 aliphatic carbocycles. The number of rotatable bonds is 3. The van der Waals surface area contributed by atoms with Crippen LogP contribution in [0.5, 0.6) is 0 Å². The van der Waals surface area contributed by atoms with Crippen molar-refractivity contribution in [2.75, 3.05) is 0 Å². The molecule has 4 heteroatoms. The lowest BCUT2D eigenvalue weighted by molar-refractivity contribution is 0.0952. The highest BCUT2D eigenvalue weighted by atomic mass is 35.5. The Morgan fingerprint density at radius 3 is 2.70 bits per heavy atom. The Bertz CT molecular complexity index is 747. The van der Waals surface area contributed by atoms with Crippen LogP contribution in [0.4, 0.5) is 0 Å². The summed E-state index contributed by atoms with van der Waals surface area (Å²) in [6.45, 7) is 0.479. The van der Waals surface area contributed by atoms with Crippen molar-refractivity contribution < 1.29 is 4.79 Å². The summed E-state index contributed by atoms with van der Waals surface area (Å²) in [6, 6.07) is 15.1. The van der Waals surface area contributed by atoms with Gasteiger partial charge < -0.3 is 10.3 Å². The van der Waals surface area contributed by atoms with Crippen LogP contribution >= 0.6 is 11.6 Å². The van der Waals surface area contributed by atoms with E-state index < -0.39 is 0 Å². The van der Waals surface area contributed by atoms with Crippen LogP contribution in [0.15, 0.2) is 54.7 Å². The maximum atomic E-state index is 12.2. The Kier molecular flexibility index (Phi) is 3.44. The van der Waals surface area contributed by atoms with E-state index in [1.807, 2.05) is 54.7 Å². The van der Waals surface area contributed by atoms with Crippen molar-refractivity contribution in [3.05, 3.63) is 70.9 Å². The molecule has 3 rings (SSSR count). The summed E-state index contributed by atoms with van der Waals surface area (Å²) in [5.74, 6) is -0.0898.